The largest absolute Gasteiger partial charge is 0.466 e. The zero-order valence-electron chi connectivity index (χ0n) is 31.4. The number of hydrogen-bond donors (Lipinski definition) is 2. The second-order valence-electron chi connectivity index (χ2n) is 12.9. The number of carbonyl (C=O) groups is 1. The number of nitrogens with zero attached hydrogens (tertiary/aromatic N) is 1. The predicted molar refractivity (Wildman–Crippen MR) is 208 cm³/mol. The van der Waals surface area contributed by atoms with Crippen molar-refractivity contribution in [2.45, 2.75) is 168 Å². The third kappa shape index (κ3) is 35.1. The number of carbonyl (C=O) groups excluding carboxylic acids is 1. The summed E-state index contributed by atoms with van der Waals surface area (Å²) in [6.07, 6.45) is 47.3. The molecule has 0 aliphatic heterocycles. The van der Waals surface area contributed by atoms with Crippen molar-refractivity contribution in [3.63, 3.8) is 0 Å². The maximum atomic E-state index is 11.7. The van der Waals surface area contributed by atoms with E-state index in [1.165, 1.54) is 25.7 Å². The van der Waals surface area contributed by atoms with Crippen molar-refractivity contribution >= 4 is 5.97 Å². The van der Waals surface area contributed by atoms with E-state index >= 15 is 0 Å². The molecule has 0 spiro atoms. The first kappa shape index (κ1) is 45.8. The Labute approximate surface area is 297 Å². The van der Waals surface area contributed by atoms with Gasteiger partial charge in [-0.25, -0.2) is 0 Å². The van der Waals surface area contributed by atoms with E-state index in [4.69, 9.17) is 4.74 Å². The summed E-state index contributed by atoms with van der Waals surface area (Å²) in [6.45, 7) is 8.51. The van der Waals surface area contributed by atoms with Crippen LogP contribution in [0.2, 0.25) is 0 Å². The second-order valence-corrected chi connectivity index (χ2v) is 12.9. The van der Waals surface area contributed by atoms with Crippen molar-refractivity contribution in [2.24, 2.45) is 0 Å². The van der Waals surface area contributed by atoms with Gasteiger partial charge in [-0.05, 0) is 103 Å². The first-order valence-electron chi connectivity index (χ1n) is 19.7. The van der Waals surface area contributed by atoms with Gasteiger partial charge in [0, 0.05) is 19.5 Å². The molecule has 276 valence electrons. The van der Waals surface area contributed by atoms with Gasteiger partial charge in [0.05, 0.1) is 18.8 Å². The Kier molecular flexibility index (Phi) is 35.9. The van der Waals surface area contributed by atoms with E-state index in [1.54, 1.807) is 0 Å². The molecule has 2 atom stereocenters. The van der Waals surface area contributed by atoms with Crippen LogP contribution in [0.25, 0.3) is 0 Å². The molecule has 0 aliphatic rings. The highest BCUT2D eigenvalue weighted by Gasteiger charge is 2.16. The van der Waals surface area contributed by atoms with Gasteiger partial charge in [0.1, 0.15) is 0 Å². The van der Waals surface area contributed by atoms with Crippen molar-refractivity contribution < 1.29 is 19.7 Å². The number of allylic oxidation sites excluding steroid dienone is 12. The van der Waals surface area contributed by atoms with E-state index in [2.05, 4.69) is 91.7 Å². The van der Waals surface area contributed by atoms with Crippen LogP contribution in [0, 0.1) is 0 Å². The fourth-order valence-corrected chi connectivity index (χ4v) is 5.52. The first-order chi connectivity index (χ1) is 23.5. The Morgan fingerprint density at radius 2 is 0.958 bits per heavy atom. The van der Waals surface area contributed by atoms with Crippen molar-refractivity contribution in [1.82, 2.24) is 4.90 Å². The maximum Gasteiger partial charge on any atom is 0.305 e. The van der Waals surface area contributed by atoms with Gasteiger partial charge in [0.15, 0.2) is 0 Å². The van der Waals surface area contributed by atoms with Gasteiger partial charge in [-0.3, -0.25) is 9.69 Å². The molecule has 0 fully saturated rings. The number of unbranched alkanes of at least 4 members (excludes halogenated alkanes) is 9. The van der Waals surface area contributed by atoms with Crippen LogP contribution in [0.5, 0.6) is 0 Å². The quantitative estimate of drug-likeness (QED) is 0.0405. The molecule has 0 aliphatic carbocycles. The second kappa shape index (κ2) is 37.6. The summed E-state index contributed by atoms with van der Waals surface area (Å²) in [6, 6.07) is 0. The fourth-order valence-electron chi connectivity index (χ4n) is 5.52. The van der Waals surface area contributed by atoms with Gasteiger partial charge in [-0.1, -0.05) is 125 Å². The molecule has 0 saturated carbocycles. The van der Waals surface area contributed by atoms with Gasteiger partial charge in [0.2, 0.25) is 0 Å². The Morgan fingerprint density at radius 3 is 1.40 bits per heavy atom. The van der Waals surface area contributed by atoms with Crippen LogP contribution in [0.1, 0.15) is 156 Å². The van der Waals surface area contributed by atoms with Crippen LogP contribution in [0.15, 0.2) is 72.9 Å². The molecule has 0 bridgehead atoms. The summed E-state index contributed by atoms with van der Waals surface area (Å²) in [5, 5.41) is 21.6. The highest BCUT2D eigenvalue weighted by Crippen LogP contribution is 2.13. The predicted octanol–water partition coefficient (Wildman–Crippen LogP) is 11.1. The van der Waals surface area contributed by atoms with Crippen molar-refractivity contribution in [1.29, 1.82) is 0 Å². The van der Waals surface area contributed by atoms with E-state index in [0.717, 1.165) is 109 Å². The lowest BCUT2D eigenvalue weighted by molar-refractivity contribution is -0.143. The van der Waals surface area contributed by atoms with E-state index < -0.39 is 0 Å². The molecule has 2 unspecified atom stereocenters. The number of aliphatic hydroxyl groups is 2. The van der Waals surface area contributed by atoms with Crippen LogP contribution >= 0.6 is 0 Å². The third-order valence-corrected chi connectivity index (χ3v) is 8.22. The first-order valence-corrected chi connectivity index (χ1v) is 19.7. The molecule has 0 aromatic rings. The molecule has 48 heavy (non-hydrogen) atoms. The summed E-state index contributed by atoms with van der Waals surface area (Å²) in [4.78, 5) is 13.9. The van der Waals surface area contributed by atoms with Crippen LogP contribution in [0.4, 0.5) is 0 Å². The average molecular weight is 670 g/mol. The molecule has 0 heterocycles. The molecule has 0 amide bonds. The Morgan fingerprint density at radius 1 is 0.542 bits per heavy atom. The van der Waals surface area contributed by atoms with E-state index in [9.17, 15) is 15.0 Å². The number of ether oxygens (including phenoxy) is 1. The van der Waals surface area contributed by atoms with Gasteiger partial charge in [-0.15, -0.1) is 0 Å². The summed E-state index contributed by atoms with van der Waals surface area (Å²) in [5.74, 6) is -0.144. The van der Waals surface area contributed by atoms with E-state index in [-0.39, 0.29) is 18.2 Å². The van der Waals surface area contributed by atoms with Crippen LogP contribution in [-0.2, 0) is 9.53 Å². The fraction of sp³-hybridized carbons (Fsp3) is 0.698. The average Bonchev–Trinajstić information content (AvgIpc) is 3.07. The minimum atomic E-state index is -0.387. The van der Waals surface area contributed by atoms with Crippen LogP contribution in [-0.4, -0.2) is 59.5 Å². The molecule has 2 N–H and O–H groups in total. The van der Waals surface area contributed by atoms with E-state index in [1.807, 2.05) is 6.92 Å². The molecule has 0 saturated heterocycles. The van der Waals surface area contributed by atoms with Crippen LogP contribution in [0.3, 0.4) is 0 Å². The lowest BCUT2D eigenvalue weighted by atomic mass is 10.1. The Balaban J connectivity index is 4.27. The highest BCUT2D eigenvalue weighted by molar-refractivity contribution is 5.69. The van der Waals surface area contributed by atoms with Crippen molar-refractivity contribution in [3.05, 3.63) is 72.9 Å². The summed E-state index contributed by atoms with van der Waals surface area (Å²) in [5.41, 5.74) is 0. The lowest BCUT2D eigenvalue weighted by Crippen LogP contribution is -2.38. The third-order valence-electron chi connectivity index (χ3n) is 8.22. The van der Waals surface area contributed by atoms with Crippen molar-refractivity contribution in [2.75, 3.05) is 26.2 Å². The van der Waals surface area contributed by atoms with Crippen LogP contribution < -0.4 is 0 Å². The molecule has 0 rings (SSSR count). The molecule has 5 heteroatoms. The molecule has 5 nitrogen and oxygen atoms in total. The van der Waals surface area contributed by atoms with Gasteiger partial charge < -0.3 is 14.9 Å². The Bertz CT molecular complexity index is 814. The molecular formula is C43H75NO4. The molecule has 0 aromatic heterocycles. The summed E-state index contributed by atoms with van der Waals surface area (Å²) >= 11 is 0. The van der Waals surface area contributed by atoms with Gasteiger partial charge in [0.25, 0.3) is 0 Å². The highest BCUT2D eigenvalue weighted by atomic mass is 16.5. The van der Waals surface area contributed by atoms with Crippen molar-refractivity contribution in [3.8, 4) is 0 Å². The minimum Gasteiger partial charge on any atom is -0.466 e. The number of rotatable bonds is 34. The Hall–Kier alpha value is -2.21. The zero-order valence-corrected chi connectivity index (χ0v) is 31.4. The topological polar surface area (TPSA) is 70.0 Å². The minimum absolute atomic E-state index is 0.144. The van der Waals surface area contributed by atoms with Gasteiger partial charge in [-0.2, -0.15) is 0 Å². The lowest BCUT2D eigenvalue weighted by Gasteiger charge is -2.27. The molecular weight excluding hydrogens is 594 g/mol. The SMILES string of the molecule is CC/C=C\C/C=C\C/C=C\CCCCCCC(O)CN(CCCCC(=O)OCC)CC(O)CCCCCC/C=C\C/C=C\C/C=C\CC. The standard InChI is InChI=1S/C43H75NO4/c1-4-7-9-11-13-15-17-19-21-23-25-27-29-31-35-41(45)39-44(38-34-33-37-43(47)48-6-3)40-42(46)36-32-30-28-26-24-22-20-18-16-14-12-10-8-5-2/h7-10,13-16,19-22,41-42,45-46H,4-6,11-12,17-18,23-40H2,1-3H3/b9-7-,10-8-,15-13-,16-14-,21-19-,22-20-. The number of esters is 1. The number of aliphatic hydroxyl groups excluding tert-OH is 2. The smallest absolute Gasteiger partial charge is 0.305 e. The number of hydrogen-bond acceptors (Lipinski definition) is 5. The molecule has 0 aromatic carbocycles. The van der Waals surface area contributed by atoms with E-state index in [0.29, 0.717) is 26.1 Å². The molecule has 0 radical (unpaired) electrons. The monoisotopic (exact) mass is 670 g/mol. The maximum absolute atomic E-state index is 11.7. The normalized spacial score (nSPS) is 14.0. The summed E-state index contributed by atoms with van der Waals surface area (Å²) < 4.78 is 5.06. The summed E-state index contributed by atoms with van der Waals surface area (Å²) in [7, 11) is 0. The zero-order chi connectivity index (χ0) is 35.2. The van der Waals surface area contributed by atoms with Gasteiger partial charge >= 0.3 is 5.97 Å².